The lowest BCUT2D eigenvalue weighted by atomic mass is 9.87. The molecule has 3 atom stereocenters. The first kappa shape index (κ1) is 16.5. The van der Waals surface area contributed by atoms with E-state index in [9.17, 15) is 4.79 Å². The molecule has 3 rings (SSSR count). The summed E-state index contributed by atoms with van der Waals surface area (Å²) in [6, 6.07) is 10.2. The van der Waals surface area contributed by atoms with Crippen molar-refractivity contribution < 1.29 is 9.53 Å². The molecule has 1 aromatic carbocycles. The van der Waals surface area contributed by atoms with Crippen molar-refractivity contribution in [2.24, 2.45) is 17.6 Å². The molecule has 126 valence electrons. The second-order valence-corrected chi connectivity index (χ2v) is 6.82. The molecular weight excluding hydrogens is 288 g/mol. The maximum atomic E-state index is 13.1. The zero-order valence-corrected chi connectivity index (χ0v) is 13.8. The number of nitrogens with two attached hydrogens (primary N) is 1. The maximum absolute atomic E-state index is 13.1. The number of hydrogen-bond acceptors (Lipinski definition) is 3. The van der Waals surface area contributed by atoms with Crippen molar-refractivity contribution in [3.8, 4) is 0 Å². The fraction of sp³-hybridized carbons (Fsp3) is 0.632. The van der Waals surface area contributed by atoms with E-state index in [0.717, 1.165) is 50.9 Å². The van der Waals surface area contributed by atoms with Crippen LogP contribution in [0.1, 0.15) is 43.8 Å². The molecule has 2 fully saturated rings. The molecule has 3 unspecified atom stereocenters. The van der Waals surface area contributed by atoms with E-state index in [2.05, 4.69) is 17.0 Å². The van der Waals surface area contributed by atoms with Gasteiger partial charge >= 0.3 is 0 Å². The highest BCUT2D eigenvalue weighted by Gasteiger charge is 2.36. The molecule has 4 nitrogen and oxygen atoms in total. The van der Waals surface area contributed by atoms with E-state index in [4.69, 9.17) is 10.5 Å². The first-order chi connectivity index (χ1) is 11.3. The first-order valence-corrected chi connectivity index (χ1v) is 8.95. The summed E-state index contributed by atoms with van der Waals surface area (Å²) >= 11 is 0. The first-order valence-electron chi connectivity index (χ1n) is 8.95. The molecule has 23 heavy (non-hydrogen) atoms. The number of nitrogens with zero attached hydrogens (tertiary/aromatic N) is 1. The Bertz CT molecular complexity index is 503. The molecule has 2 aliphatic rings. The minimum absolute atomic E-state index is 0.0391. The second kappa shape index (κ2) is 7.93. The number of carbonyl (C=O) groups is 1. The summed E-state index contributed by atoms with van der Waals surface area (Å²) in [6.45, 7) is 3.22. The Kier molecular flexibility index (Phi) is 5.68. The number of hydrogen-bond donors (Lipinski definition) is 1. The fourth-order valence-corrected chi connectivity index (χ4v) is 3.98. The van der Waals surface area contributed by atoms with Crippen molar-refractivity contribution in [1.29, 1.82) is 0 Å². The van der Waals surface area contributed by atoms with E-state index < -0.39 is 0 Å². The van der Waals surface area contributed by atoms with Crippen molar-refractivity contribution in [2.75, 3.05) is 26.2 Å². The predicted molar refractivity (Wildman–Crippen MR) is 90.8 cm³/mol. The third-order valence-electron chi connectivity index (χ3n) is 5.17. The molecule has 1 amide bonds. The minimum Gasteiger partial charge on any atom is -0.373 e. The number of rotatable bonds is 4. The second-order valence-electron chi connectivity index (χ2n) is 6.82. The highest BCUT2D eigenvalue weighted by Crippen LogP contribution is 2.35. The molecule has 0 spiro atoms. The molecule has 4 heteroatoms. The molecule has 1 aromatic rings. The predicted octanol–water partition coefficient (Wildman–Crippen LogP) is 2.74. The van der Waals surface area contributed by atoms with Crippen molar-refractivity contribution in [3.63, 3.8) is 0 Å². The number of carbonyl (C=O) groups excluding carboxylic acids is 1. The van der Waals surface area contributed by atoms with Gasteiger partial charge in [0.1, 0.15) is 0 Å². The normalized spacial score (nSPS) is 28.6. The van der Waals surface area contributed by atoms with Gasteiger partial charge in [0.2, 0.25) is 5.91 Å². The van der Waals surface area contributed by atoms with Crippen molar-refractivity contribution >= 4 is 5.91 Å². The monoisotopic (exact) mass is 316 g/mol. The summed E-state index contributed by atoms with van der Waals surface area (Å²) in [5.41, 5.74) is 6.82. The third-order valence-corrected chi connectivity index (χ3v) is 5.17. The van der Waals surface area contributed by atoms with Crippen LogP contribution in [0.15, 0.2) is 30.3 Å². The highest BCUT2D eigenvalue weighted by molar-refractivity contribution is 5.80. The largest absolute Gasteiger partial charge is 0.373 e. The molecule has 2 N–H and O–H groups in total. The average molecular weight is 316 g/mol. The molecule has 2 aliphatic heterocycles. The number of piperidine rings is 1. The summed E-state index contributed by atoms with van der Waals surface area (Å²) in [7, 11) is 0. The van der Waals surface area contributed by atoms with Gasteiger partial charge in [0.05, 0.1) is 12.0 Å². The maximum Gasteiger partial charge on any atom is 0.228 e. The van der Waals surface area contributed by atoms with Crippen LogP contribution in [-0.4, -0.2) is 37.0 Å². The van der Waals surface area contributed by atoms with Gasteiger partial charge in [0.15, 0.2) is 0 Å². The van der Waals surface area contributed by atoms with Gasteiger partial charge in [-0.1, -0.05) is 30.3 Å². The zero-order chi connectivity index (χ0) is 16.1. The van der Waals surface area contributed by atoms with E-state index in [1.165, 1.54) is 6.42 Å². The smallest absolute Gasteiger partial charge is 0.228 e. The van der Waals surface area contributed by atoms with Gasteiger partial charge in [-0.3, -0.25) is 4.79 Å². The summed E-state index contributed by atoms with van der Waals surface area (Å²) < 4.78 is 6.00. The van der Waals surface area contributed by atoms with Gasteiger partial charge < -0.3 is 15.4 Å². The lowest BCUT2D eigenvalue weighted by Crippen LogP contribution is -2.45. The van der Waals surface area contributed by atoms with Crippen LogP contribution in [0, 0.1) is 11.8 Å². The van der Waals surface area contributed by atoms with E-state index in [-0.39, 0.29) is 17.9 Å². The van der Waals surface area contributed by atoms with E-state index in [1.54, 1.807) is 0 Å². The van der Waals surface area contributed by atoms with Gasteiger partial charge in [-0.25, -0.2) is 0 Å². The van der Waals surface area contributed by atoms with Gasteiger partial charge in [-0.2, -0.15) is 0 Å². The summed E-state index contributed by atoms with van der Waals surface area (Å²) in [4.78, 5) is 15.2. The number of likely N-dealkylation sites (tertiary alicyclic amines) is 1. The van der Waals surface area contributed by atoms with Gasteiger partial charge in [0, 0.05) is 19.7 Å². The van der Waals surface area contributed by atoms with Crippen LogP contribution in [0.4, 0.5) is 0 Å². The minimum atomic E-state index is -0.0904. The Morgan fingerprint density at radius 3 is 2.83 bits per heavy atom. The molecule has 0 aromatic heterocycles. The molecule has 2 heterocycles. The van der Waals surface area contributed by atoms with Crippen LogP contribution in [0.2, 0.25) is 0 Å². The summed E-state index contributed by atoms with van der Waals surface area (Å²) in [5, 5.41) is 0. The van der Waals surface area contributed by atoms with Crippen molar-refractivity contribution in [2.45, 2.75) is 38.2 Å². The Hall–Kier alpha value is -1.39. The van der Waals surface area contributed by atoms with Gasteiger partial charge in [-0.05, 0) is 50.1 Å². The molecule has 0 bridgehead atoms. The molecule has 0 aliphatic carbocycles. The SMILES string of the molecule is NCCC1CCCN(C(=O)C2CCCOC2c2ccccc2)C1. The Morgan fingerprint density at radius 2 is 2.04 bits per heavy atom. The zero-order valence-electron chi connectivity index (χ0n) is 13.8. The molecule has 0 radical (unpaired) electrons. The van der Waals surface area contributed by atoms with Crippen LogP contribution in [-0.2, 0) is 9.53 Å². The lowest BCUT2D eigenvalue weighted by Gasteiger charge is -2.38. The van der Waals surface area contributed by atoms with Crippen LogP contribution in [0.5, 0.6) is 0 Å². The molecule has 2 saturated heterocycles. The standard InChI is InChI=1S/C19H28N2O2/c20-11-10-15-6-4-12-21(14-15)19(22)17-9-5-13-23-18(17)16-7-2-1-3-8-16/h1-3,7-8,15,17-18H,4-6,9-14,20H2. The van der Waals surface area contributed by atoms with Crippen LogP contribution in [0.3, 0.4) is 0 Å². The number of ether oxygens (including phenoxy) is 1. The van der Waals surface area contributed by atoms with Gasteiger partial charge in [0.25, 0.3) is 0 Å². The van der Waals surface area contributed by atoms with Crippen LogP contribution in [0.25, 0.3) is 0 Å². The molecule has 0 saturated carbocycles. The van der Waals surface area contributed by atoms with Crippen molar-refractivity contribution in [3.05, 3.63) is 35.9 Å². The summed E-state index contributed by atoms with van der Waals surface area (Å²) in [5.74, 6) is 0.806. The van der Waals surface area contributed by atoms with E-state index in [0.29, 0.717) is 12.5 Å². The average Bonchev–Trinajstić information content (AvgIpc) is 2.62. The Balaban J connectivity index is 1.71. The Morgan fingerprint density at radius 1 is 1.22 bits per heavy atom. The lowest BCUT2D eigenvalue weighted by molar-refractivity contribution is -0.147. The summed E-state index contributed by atoms with van der Waals surface area (Å²) in [6.07, 6.45) is 5.13. The van der Waals surface area contributed by atoms with Crippen molar-refractivity contribution in [1.82, 2.24) is 4.90 Å². The Labute approximate surface area is 139 Å². The quantitative estimate of drug-likeness (QED) is 0.929. The van der Waals surface area contributed by atoms with Gasteiger partial charge in [-0.15, -0.1) is 0 Å². The van der Waals surface area contributed by atoms with E-state index >= 15 is 0 Å². The number of amides is 1. The fourth-order valence-electron chi connectivity index (χ4n) is 3.98. The molecular formula is C19H28N2O2. The number of benzene rings is 1. The highest BCUT2D eigenvalue weighted by atomic mass is 16.5. The third kappa shape index (κ3) is 3.93. The van der Waals surface area contributed by atoms with Crippen LogP contribution < -0.4 is 5.73 Å². The van der Waals surface area contributed by atoms with E-state index in [1.807, 2.05) is 18.2 Å². The topological polar surface area (TPSA) is 55.6 Å². The van der Waals surface area contributed by atoms with Crippen LogP contribution >= 0.6 is 0 Å².